The van der Waals surface area contributed by atoms with Crippen LogP contribution in [0.3, 0.4) is 0 Å². The number of likely N-dealkylation sites (tertiary alicyclic amines) is 2. The summed E-state index contributed by atoms with van der Waals surface area (Å²) in [6.07, 6.45) is 4.75. The van der Waals surface area contributed by atoms with Gasteiger partial charge >= 0.3 is 0 Å². The number of nitrogens with zero attached hydrogens (tertiary/aromatic N) is 3. The molecule has 2 aliphatic heterocycles. The predicted octanol–water partition coefficient (Wildman–Crippen LogP) is 2.93. The van der Waals surface area contributed by atoms with Crippen molar-refractivity contribution in [1.29, 1.82) is 0 Å². The van der Waals surface area contributed by atoms with E-state index in [1.54, 1.807) is 17.2 Å². The van der Waals surface area contributed by atoms with E-state index in [0.717, 1.165) is 36.1 Å². The molecule has 2 aliphatic rings. The highest BCUT2D eigenvalue weighted by Gasteiger charge is 2.34. The Morgan fingerprint density at radius 2 is 2.07 bits per heavy atom. The molecule has 3 heterocycles. The number of carbonyl (C=O) groups is 2. The first-order chi connectivity index (χ1) is 13.5. The highest BCUT2D eigenvalue weighted by Crippen LogP contribution is 2.34. The molecule has 2 fully saturated rings. The van der Waals surface area contributed by atoms with E-state index in [9.17, 15) is 14.0 Å². The Labute approximate surface area is 163 Å². The number of hydrogen-bond donors (Lipinski definition) is 1. The summed E-state index contributed by atoms with van der Waals surface area (Å²) < 4.78 is 13.6. The molecule has 1 aromatic heterocycles. The van der Waals surface area contributed by atoms with Gasteiger partial charge in [0.2, 0.25) is 11.8 Å². The molecule has 148 valence electrons. The van der Waals surface area contributed by atoms with Gasteiger partial charge in [-0.1, -0.05) is 12.1 Å². The Bertz CT molecular complexity index is 873. The molecule has 7 heteroatoms. The number of aromatic nitrogens is 2. The van der Waals surface area contributed by atoms with Crippen molar-refractivity contribution >= 4 is 11.8 Å². The largest absolute Gasteiger partial charge is 0.341 e. The lowest BCUT2D eigenvalue weighted by molar-refractivity contribution is -0.143. The van der Waals surface area contributed by atoms with Crippen molar-refractivity contribution in [2.45, 2.75) is 44.6 Å². The summed E-state index contributed by atoms with van der Waals surface area (Å²) >= 11 is 0. The average Bonchev–Trinajstić information content (AvgIpc) is 3.36. The lowest BCUT2D eigenvalue weighted by atomic mass is 9.89. The van der Waals surface area contributed by atoms with Crippen LogP contribution >= 0.6 is 0 Å². The van der Waals surface area contributed by atoms with Crippen LogP contribution in [-0.4, -0.2) is 57.5 Å². The van der Waals surface area contributed by atoms with E-state index in [0.29, 0.717) is 26.1 Å². The minimum Gasteiger partial charge on any atom is -0.341 e. The van der Waals surface area contributed by atoms with Crippen LogP contribution in [-0.2, 0) is 9.59 Å². The summed E-state index contributed by atoms with van der Waals surface area (Å²) in [7, 11) is 0. The van der Waals surface area contributed by atoms with Gasteiger partial charge in [0.25, 0.3) is 0 Å². The molecule has 1 atom stereocenters. The SMILES string of the molecule is CC(C(=O)N1CCC(c2[nH]ncc2-c2cccc(F)c2)CC1)N1CCCC1=O. The van der Waals surface area contributed by atoms with Crippen molar-refractivity contribution in [1.82, 2.24) is 20.0 Å². The molecule has 1 aromatic carbocycles. The van der Waals surface area contributed by atoms with Crippen molar-refractivity contribution in [3.63, 3.8) is 0 Å². The van der Waals surface area contributed by atoms with Crippen molar-refractivity contribution in [2.75, 3.05) is 19.6 Å². The second-order valence-electron chi connectivity index (χ2n) is 7.67. The average molecular weight is 384 g/mol. The summed E-state index contributed by atoms with van der Waals surface area (Å²) in [6, 6.07) is 6.14. The normalized spacial score (nSPS) is 19.3. The molecule has 0 aliphatic carbocycles. The van der Waals surface area contributed by atoms with Gasteiger partial charge in [-0.05, 0) is 43.9 Å². The van der Waals surface area contributed by atoms with Crippen LogP contribution in [0, 0.1) is 5.82 Å². The van der Waals surface area contributed by atoms with Gasteiger partial charge in [-0.2, -0.15) is 5.10 Å². The first-order valence-corrected chi connectivity index (χ1v) is 9.92. The number of benzene rings is 1. The number of aromatic amines is 1. The smallest absolute Gasteiger partial charge is 0.245 e. The third-order valence-electron chi connectivity index (χ3n) is 5.95. The standard InChI is InChI=1S/C21H25FN4O2/c1-14(26-9-3-6-19(26)27)21(28)25-10-7-15(8-11-25)20-18(13-23-24-20)16-4-2-5-17(22)12-16/h2,4-5,12-15H,3,6-11H2,1H3,(H,23,24). The molecular weight excluding hydrogens is 359 g/mol. The van der Waals surface area contributed by atoms with E-state index in [4.69, 9.17) is 0 Å². The zero-order valence-electron chi connectivity index (χ0n) is 16.0. The molecule has 28 heavy (non-hydrogen) atoms. The van der Waals surface area contributed by atoms with Crippen LogP contribution in [0.25, 0.3) is 11.1 Å². The number of hydrogen-bond acceptors (Lipinski definition) is 3. The molecule has 0 saturated carbocycles. The van der Waals surface area contributed by atoms with Crippen LogP contribution in [0.15, 0.2) is 30.5 Å². The topological polar surface area (TPSA) is 69.3 Å². The van der Waals surface area contributed by atoms with Gasteiger partial charge in [0, 0.05) is 43.2 Å². The monoisotopic (exact) mass is 384 g/mol. The van der Waals surface area contributed by atoms with Crippen LogP contribution in [0.1, 0.15) is 44.2 Å². The summed E-state index contributed by atoms with van der Waals surface area (Å²) in [6.45, 7) is 3.80. The van der Waals surface area contributed by atoms with Crippen molar-refractivity contribution < 1.29 is 14.0 Å². The Hall–Kier alpha value is -2.70. The van der Waals surface area contributed by atoms with Crippen molar-refractivity contribution in [3.8, 4) is 11.1 Å². The zero-order chi connectivity index (χ0) is 19.7. The third kappa shape index (κ3) is 3.53. The lowest BCUT2D eigenvalue weighted by Gasteiger charge is -2.35. The molecule has 4 rings (SSSR count). The maximum atomic E-state index is 13.6. The molecule has 6 nitrogen and oxygen atoms in total. The Morgan fingerprint density at radius 3 is 2.75 bits per heavy atom. The number of nitrogens with one attached hydrogen (secondary N) is 1. The highest BCUT2D eigenvalue weighted by molar-refractivity contribution is 5.88. The highest BCUT2D eigenvalue weighted by atomic mass is 19.1. The van der Waals surface area contributed by atoms with Gasteiger partial charge in [0.05, 0.1) is 6.20 Å². The second kappa shape index (κ2) is 7.73. The van der Waals surface area contributed by atoms with Crippen LogP contribution < -0.4 is 0 Å². The number of amides is 2. The second-order valence-corrected chi connectivity index (χ2v) is 7.67. The minimum absolute atomic E-state index is 0.0312. The molecule has 2 aromatic rings. The van der Waals surface area contributed by atoms with Gasteiger partial charge in [0.15, 0.2) is 0 Å². The fourth-order valence-corrected chi connectivity index (χ4v) is 4.36. The lowest BCUT2D eigenvalue weighted by Crippen LogP contribution is -2.49. The Morgan fingerprint density at radius 1 is 1.29 bits per heavy atom. The van der Waals surface area contributed by atoms with E-state index in [-0.39, 0.29) is 29.6 Å². The minimum atomic E-state index is -0.387. The molecule has 1 N–H and O–H groups in total. The zero-order valence-corrected chi connectivity index (χ0v) is 16.0. The predicted molar refractivity (Wildman–Crippen MR) is 103 cm³/mol. The number of H-pyrrole nitrogens is 1. The fraction of sp³-hybridized carbons (Fsp3) is 0.476. The Balaban J connectivity index is 1.42. The summed E-state index contributed by atoms with van der Waals surface area (Å²) in [5, 5.41) is 7.26. The number of halogens is 1. The van der Waals surface area contributed by atoms with E-state index >= 15 is 0 Å². The summed E-state index contributed by atoms with van der Waals surface area (Å²) in [5.74, 6) is 0.0839. The molecule has 2 amide bonds. The van der Waals surface area contributed by atoms with Gasteiger partial charge in [-0.3, -0.25) is 14.7 Å². The van der Waals surface area contributed by atoms with E-state index in [2.05, 4.69) is 10.2 Å². The third-order valence-corrected chi connectivity index (χ3v) is 5.95. The molecule has 1 unspecified atom stereocenters. The van der Waals surface area contributed by atoms with E-state index in [1.165, 1.54) is 12.1 Å². The molecule has 0 bridgehead atoms. The summed E-state index contributed by atoms with van der Waals surface area (Å²) in [5.41, 5.74) is 2.73. The van der Waals surface area contributed by atoms with Crippen molar-refractivity contribution in [2.24, 2.45) is 0 Å². The molecule has 0 spiro atoms. The first-order valence-electron chi connectivity index (χ1n) is 9.92. The number of carbonyl (C=O) groups excluding carboxylic acids is 2. The maximum Gasteiger partial charge on any atom is 0.245 e. The molecule has 2 saturated heterocycles. The quantitative estimate of drug-likeness (QED) is 0.881. The van der Waals surface area contributed by atoms with Gasteiger partial charge < -0.3 is 9.80 Å². The van der Waals surface area contributed by atoms with Crippen LogP contribution in [0.5, 0.6) is 0 Å². The van der Waals surface area contributed by atoms with Crippen LogP contribution in [0.4, 0.5) is 4.39 Å². The maximum absolute atomic E-state index is 13.6. The molecular formula is C21H25FN4O2. The number of rotatable bonds is 4. The van der Waals surface area contributed by atoms with Gasteiger partial charge in [0.1, 0.15) is 11.9 Å². The summed E-state index contributed by atoms with van der Waals surface area (Å²) in [4.78, 5) is 28.3. The van der Waals surface area contributed by atoms with E-state index in [1.807, 2.05) is 17.9 Å². The number of piperidine rings is 1. The van der Waals surface area contributed by atoms with Crippen LogP contribution in [0.2, 0.25) is 0 Å². The first kappa shape index (κ1) is 18.7. The van der Waals surface area contributed by atoms with Crippen molar-refractivity contribution in [3.05, 3.63) is 42.0 Å². The molecule has 0 radical (unpaired) electrons. The van der Waals surface area contributed by atoms with Gasteiger partial charge in [-0.15, -0.1) is 0 Å². The Kier molecular flexibility index (Phi) is 5.15. The van der Waals surface area contributed by atoms with Gasteiger partial charge in [-0.25, -0.2) is 4.39 Å². The van der Waals surface area contributed by atoms with E-state index < -0.39 is 0 Å². The fourth-order valence-electron chi connectivity index (χ4n) is 4.36.